The molecule has 2 heterocycles. The Bertz CT molecular complexity index is 465. The fraction of sp³-hybridized carbons (Fsp3) is 0.286. The zero-order chi connectivity index (χ0) is 11.6. The second kappa shape index (κ2) is 3.70. The fourth-order valence-corrected chi connectivity index (χ4v) is 1.29. The number of nitrogens with zero attached hydrogens (tertiary/aromatic N) is 4. The van der Waals surface area contributed by atoms with Gasteiger partial charge in [0.05, 0.1) is 18.1 Å². The van der Waals surface area contributed by atoms with Gasteiger partial charge in [0.1, 0.15) is 5.69 Å². The van der Waals surface area contributed by atoms with E-state index in [1.165, 1.54) is 12.4 Å². The van der Waals surface area contributed by atoms with Crippen LogP contribution in [0.3, 0.4) is 0 Å². The summed E-state index contributed by atoms with van der Waals surface area (Å²) in [6, 6.07) is 0. The molecule has 1 atom stereocenters. The molecule has 0 radical (unpaired) electrons. The molecule has 9 heteroatoms. The van der Waals surface area contributed by atoms with Crippen molar-refractivity contribution in [1.29, 1.82) is 0 Å². The summed E-state index contributed by atoms with van der Waals surface area (Å²) in [5, 5.41) is 28.4. The van der Waals surface area contributed by atoms with E-state index in [1.54, 1.807) is 0 Å². The number of hydrogen-bond donors (Lipinski definition) is 4. The number of nitrogens with one attached hydrogen (secondary N) is 2. The molecule has 0 aromatic carbocycles. The van der Waals surface area contributed by atoms with E-state index in [9.17, 15) is 4.79 Å². The minimum atomic E-state index is -1.66. The van der Waals surface area contributed by atoms with Crippen molar-refractivity contribution in [1.82, 2.24) is 30.8 Å². The van der Waals surface area contributed by atoms with Crippen molar-refractivity contribution in [3.8, 4) is 0 Å². The van der Waals surface area contributed by atoms with Crippen molar-refractivity contribution < 1.29 is 9.90 Å². The van der Waals surface area contributed by atoms with E-state index >= 15 is 0 Å². The second-order valence-electron chi connectivity index (χ2n) is 3.27. The lowest BCUT2D eigenvalue weighted by atomic mass is 9.92. The number of carbonyl (C=O) groups is 1. The quantitative estimate of drug-likeness (QED) is 0.488. The SMILES string of the molecule is N[C@@](Cc1cn[nH]n1)(C(=O)O)c1cn[nH]n1. The minimum Gasteiger partial charge on any atom is -0.480 e. The van der Waals surface area contributed by atoms with Gasteiger partial charge in [-0.2, -0.15) is 30.8 Å². The molecule has 9 nitrogen and oxygen atoms in total. The van der Waals surface area contributed by atoms with Gasteiger partial charge < -0.3 is 10.8 Å². The van der Waals surface area contributed by atoms with E-state index in [4.69, 9.17) is 10.8 Å². The van der Waals surface area contributed by atoms with Crippen molar-refractivity contribution in [2.24, 2.45) is 5.73 Å². The number of carboxylic acids is 1. The van der Waals surface area contributed by atoms with E-state index in [-0.39, 0.29) is 12.1 Å². The number of rotatable bonds is 4. The third kappa shape index (κ3) is 1.63. The van der Waals surface area contributed by atoms with E-state index in [0.29, 0.717) is 5.69 Å². The molecule has 0 bridgehead atoms. The third-order valence-corrected chi connectivity index (χ3v) is 2.18. The van der Waals surface area contributed by atoms with Crippen LogP contribution < -0.4 is 5.73 Å². The molecule has 0 aliphatic carbocycles. The van der Waals surface area contributed by atoms with E-state index in [1.807, 2.05) is 0 Å². The first-order chi connectivity index (χ1) is 7.63. The van der Waals surface area contributed by atoms with Gasteiger partial charge in [0, 0.05) is 6.42 Å². The van der Waals surface area contributed by atoms with E-state index in [2.05, 4.69) is 30.8 Å². The Kier molecular flexibility index (Phi) is 2.37. The Labute approximate surface area is 89.0 Å². The monoisotopic (exact) mass is 223 g/mol. The highest BCUT2D eigenvalue weighted by Gasteiger charge is 2.39. The van der Waals surface area contributed by atoms with Gasteiger partial charge in [-0.3, -0.25) is 0 Å². The van der Waals surface area contributed by atoms with Crippen LogP contribution in [0.25, 0.3) is 0 Å². The lowest BCUT2D eigenvalue weighted by Gasteiger charge is -2.20. The second-order valence-corrected chi connectivity index (χ2v) is 3.27. The lowest BCUT2D eigenvalue weighted by molar-refractivity contribution is -0.143. The lowest BCUT2D eigenvalue weighted by Crippen LogP contribution is -2.47. The molecule has 0 saturated heterocycles. The van der Waals surface area contributed by atoms with Crippen molar-refractivity contribution >= 4 is 5.97 Å². The van der Waals surface area contributed by atoms with Crippen LogP contribution in [0, 0.1) is 0 Å². The Balaban J connectivity index is 2.33. The summed E-state index contributed by atoms with van der Waals surface area (Å²) in [5.41, 5.74) is 4.71. The molecule has 2 aromatic rings. The molecule has 5 N–H and O–H groups in total. The smallest absolute Gasteiger partial charge is 0.330 e. The largest absolute Gasteiger partial charge is 0.480 e. The maximum atomic E-state index is 11.2. The minimum absolute atomic E-state index is 0.0225. The highest BCUT2D eigenvalue weighted by Crippen LogP contribution is 2.19. The van der Waals surface area contributed by atoms with E-state index < -0.39 is 11.5 Å². The zero-order valence-electron chi connectivity index (χ0n) is 8.08. The fourth-order valence-electron chi connectivity index (χ4n) is 1.29. The average molecular weight is 223 g/mol. The van der Waals surface area contributed by atoms with Crippen LogP contribution in [0.4, 0.5) is 0 Å². The van der Waals surface area contributed by atoms with Crippen LogP contribution in [0.15, 0.2) is 12.4 Å². The molecule has 0 aliphatic heterocycles. The molecule has 0 spiro atoms. The Hall–Kier alpha value is -2.29. The number of aromatic nitrogens is 6. The van der Waals surface area contributed by atoms with Crippen LogP contribution in [0.5, 0.6) is 0 Å². The Morgan fingerprint density at radius 3 is 2.56 bits per heavy atom. The summed E-state index contributed by atoms with van der Waals surface area (Å²) in [6.07, 6.45) is 2.66. The van der Waals surface area contributed by atoms with Crippen molar-refractivity contribution in [2.75, 3.05) is 0 Å². The molecule has 2 aromatic heterocycles. The van der Waals surface area contributed by atoms with Crippen LogP contribution in [-0.2, 0) is 16.8 Å². The summed E-state index contributed by atoms with van der Waals surface area (Å²) >= 11 is 0. The van der Waals surface area contributed by atoms with Gasteiger partial charge in [-0.15, -0.1) is 0 Å². The highest BCUT2D eigenvalue weighted by molar-refractivity contribution is 5.80. The number of hydrogen-bond acceptors (Lipinski definition) is 6. The zero-order valence-corrected chi connectivity index (χ0v) is 8.08. The van der Waals surface area contributed by atoms with Crippen LogP contribution >= 0.6 is 0 Å². The molecule has 0 aliphatic rings. The summed E-state index contributed by atoms with van der Waals surface area (Å²) < 4.78 is 0. The van der Waals surface area contributed by atoms with Crippen LogP contribution in [0.2, 0.25) is 0 Å². The Morgan fingerprint density at radius 2 is 2.06 bits per heavy atom. The Morgan fingerprint density at radius 1 is 1.38 bits per heavy atom. The number of aromatic amines is 2. The van der Waals surface area contributed by atoms with Gasteiger partial charge in [-0.1, -0.05) is 0 Å². The van der Waals surface area contributed by atoms with Crippen molar-refractivity contribution in [3.63, 3.8) is 0 Å². The maximum absolute atomic E-state index is 11.2. The van der Waals surface area contributed by atoms with Crippen LogP contribution in [0.1, 0.15) is 11.4 Å². The van der Waals surface area contributed by atoms with Gasteiger partial charge in [0.25, 0.3) is 0 Å². The topological polar surface area (TPSA) is 146 Å². The van der Waals surface area contributed by atoms with Crippen LogP contribution in [-0.4, -0.2) is 41.9 Å². The molecular weight excluding hydrogens is 214 g/mol. The van der Waals surface area contributed by atoms with Gasteiger partial charge in [-0.05, 0) is 0 Å². The molecular formula is C7H9N7O2. The normalized spacial score (nSPS) is 14.6. The first kappa shape index (κ1) is 10.2. The molecule has 0 amide bonds. The first-order valence-electron chi connectivity index (χ1n) is 4.36. The molecule has 84 valence electrons. The standard InChI is InChI=1S/C7H9N7O2/c8-7(6(15)16,5-3-10-14-12-5)1-4-2-9-13-11-4/h2-3H,1,8H2,(H,15,16)(H,9,11,13)(H,10,12,14)/t7-/m1/s1. The summed E-state index contributed by atoms with van der Waals surface area (Å²) in [6.45, 7) is 0. The average Bonchev–Trinajstić information content (AvgIpc) is 2.88. The van der Waals surface area contributed by atoms with Crippen molar-refractivity contribution in [2.45, 2.75) is 12.0 Å². The number of H-pyrrole nitrogens is 2. The summed E-state index contributed by atoms with van der Waals surface area (Å²) in [7, 11) is 0. The number of aliphatic carboxylic acids is 1. The first-order valence-corrected chi connectivity index (χ1v) is 4.36. The molecule has 0 saturated carbocycles. The molecule has 0 unspecified atom stereocenters. The third-order valence-electron chi connectivity index (χ3n) is 2.18. The van der Waals surface area contributed by atoms with Gasteiger partial charge in [0.15, 0.2) is 5.54 Å². The summed E-state index contributed by atoms with van der Waals surface area (Å²) in [4.78, 5) is 11.2. The number of carboxylic acid groups (broad SMARTS) is 1. The van der Waals surface area contributed by atoms with Gasteiger partial charge in [0.2, 0.25) is 0 Å². The maximum Gasteiger partial charge on any atom is 0.330 e. The van der Waals surface area contributed by atoms with E-state index in [0.717, 1.165) is 0 Å². The van der Waals surface area contributed by atoms with Gasteiger partial charge in [-0.25, -0.2) is 4.79 Å². The predicted octanol–water partition coefficient (Wildman–Crippen LogP) is -1.60. The predicted molar refractivity (Wildman–Crippen MR) is 50.0 cm³/mol. The molecule has 0 fully saturated rings. The molecule has 16 heavy (non-hydrogen) atoms. The highest BCUT2D eigenvalue weighted by atomic mass is 16.4. The summed E-state index contributed by atoms with van der Waals surface area (Å²) in [5.74, 6) is -1.20. The van der Waals surface area contributed by atoms with Gasteiger partial charge >= 0.3 is 5.97 Å². The number of nitrogens with two attached hydrogens (primary N) is 1. The van der Waals surface area contributed by atoms with Crippen molar-refractivity contribution in [3.05, 3.63) is 23.8 Å². The molecule has 2 rings (SSSR count).